The number of hydrogen-bond donors (Lipinski definition) is 0. The van der Waals surface area contributed by atoms with Crippen molar-refractivity contribution in [2.45, 2.75) is 19.3 Å². The Labute approximate surface area is 79.0 Å². The molecule has 1 heterocycles. The highest BCUT2D eigenvalue weighted by atomic mass is 16.5. The van der Waals surface area contributed by atoms with Gasteiger partial charge in [0.05, 0.1) is 13.2 Å². The van der Waals surface area contributed by atoms with Crippen LogP contribution in [0.3, 0.4) is 0 Å². The number of hydrogen-bond acceptors (Lipinski definition) is 3. The Morgan fingerprint density at radius 3 is 2.92 bits per heavy atom. The number of ketones is 1. The van der Waals surface area contributed by atoms with E-state index in [-0.39, 0.29) is 0 Å². The fourth-order valence-corrected chi connectivity index (χ4v) is 1.71. The third-order valence-corrected chi connectivity index (χ3v) is 2.73. The fraction of sp³-hybridized carbons (Fsp3) is 0.900. The second-order valence-electron chi connectivity index (χ2n) is 3.98. The van der Waals surface area contributed by atoms with Crippen LogP contribution in [0.25, 0.3) is 0 Å². The van der Waals surface area contributed by atoms with E-state index in [0.29, 0.717) is 18.2 Å². The first-order valence-electron chi connectivity index (χ1n) is 5.19. The average Bonchev–Trinajstić information content (AvgIpc) is 2.92. The molecule has 1 aliphatic heterocycles. The van der Waals surface area contributed by atoms with Crippen molar-refractivity contribution >= 4 is 5.78 Å². The maximum absolute atomic E-state index is 11.5. The number of carbonyl (C=O) groups excluding carboxylic acids is 1. The van der Waals surface area contributed by atoms with Gasteiger partial charge in [-0.25, -0.2) is 0 Å². The van der Waals surface area contributed by atoms with Gasteiger partial charge in [0.15, 0.2) is 0 Å². The first-order valence-corrected chi connectivity index (χ1v) is 5.19. The topological polar surface area (TPSA) is 29.5 Å². The molecule has 0 N–H and O–H groups in total. The van der Waals surface area contributed by atoms with Gasteiger partial charge in [-0.2, -0.15) is 0 Å². The van der Waals surface area contributed by atoms with Gasteiger partial charge in [-0.05, 0) is 19.3 Å². The summed E-state index contributed by atoms with van der Waals surface area (Å²) < 4.78 is 5.33. The summed E-state index contributed by atoms with van der Waals surface area (Å²) in [7, 11) is 0. The average molecular weight is 183 g/mol. The molecular weight excluding hydrogens is 166 g/mol. The summed E-state index contributed by atoms with van der Waals surface area (Å²) >= 11 is 0. The maximum atomic E-state index is 11.5. The van der Waals surface area contributed by atoms with E-state index in [1.165, 1.54) is 0 Å². The van der Waals surface area contributed by atoms with Crippen molar-refractivity contribution in [3.8, 4) is 0 Å². The first-order chi connectivity index (χ1) is 6.36. The van der Waals surface area contributed by atoms with Crippen LogP contribution >= 0.6 is 0 Å². The van der Waals surface area contributed by atoms with E-state index in [0.717, 1.165) is 45.6 Å². The molecule has 3 heteroatoms. The Morgan fingerprint density at radius 2 is 2.15 bits per heavy atom. The molecule has 0 spiro atoms. The SMILES string of the molecule is O=C(CN1CCCOCC1)C1CC1. The second kappa shape index (κ2) is 4.20. The molecule has 2 fully saturated rings. The Hall–Kier alpha value is -0.410. The zero-order chi connectivity index (χ0) is 9.10. The van der Waals surface area contributed by atoms with Crippen LogP contribution in [0.5, 0.6) is 0 Å². The molecule has 1 saturated heterocycles. The number of rotatable bonds is 3. The molecule has 0 aromatic carbocycles. The Balaban J connectivity index is 1.74. The van der Waals surface area contributed by atoms with E-state index in [4.69, 9.17) is 4.74 Å². The lowest BCUT2D eigenvalue weighted by atomic mass is 10.2. The molecular formula is C10H17NO2. The van der Waals surface area contributed by atoms with Crippen molar-refractivity contribution in [2.75, 3.05) is 32.8 Å². The minimum Gasteiger partial charge on any atom is -0.380 e. The van der Waals surface area contributed by atoms with Gasteiger partial charge in [0, 0.05) is 25.6 Å². The molecule has 0 atom stereocenters. The lowest BCUT2D eigenvalue weighted by molar-refractivity contribution is -0.121. The van der Waals surface area contributed by atoms with E-state index in [2.05, 4.69) is 4.90 Å². The van der Waals surface area contributed by atoms with Gasteiger partial charge < -0.3 is 4.74 Å². The molecule has 0 aromatic rings. The summed E-state index contributed by atoms with van der Waals surface area (Å²) in [6.07, 6.45) is 3.32. The summed E-state index contributed by atoms with van der Waals surface area (Å²) in [5, 5.41) is 0. The van der Waals surface area contributed by atoms with Gasteiger partial charge in [-0.1, -0.05) is 0 Å². The minimum absolute atomic E-state index is 0.407. The van der Waals surface area contributed by atoms with Crippen molar-refractivity contribution < 1.29 is 9.53 Å². The van der Waals surface area contributed by atoms with E-state index in [9.17, 15) is 4.79 Å². The van der Waals surface area contributed by atoms with Crippen LogP contribution in [-0.2, 0) is 9.53 Å². The monoisotopic (exact) mass is 183 g/mol. The molecule has 0 amide bonds. The summed E-state index contributed by atoms with van der Waals surface area (Å²) in [5.41, 5.74) is 0. The van der Waals surface area contributed by atoms with Gasteiger partial charge in [0.25, 0.3) is 0 Å². The third kappa shape index (κ3) is 2.78. The number of Topliss-reactive ketones (excluding diaryl/α,β-unsaturated/α-hetero) is 1. The van der Waals surface area contributed by atoms with Crippen LogP contribution in [0.4, 0.5) is 0 Å². The van der Waals surface area contributed by atoms with Gasteiger partial charge in [-0.15, -0.1) is 0 Å². The molecule has 1 saturated carbocycles. The van der Waals surface area contributed by atoms with E-state index in [1.807, 2.05) is 0 Å². The molecule has 13 heavy (non-hydrogen) atoms. The Morgan fingerprint density at radius 1 is 1.31 bits per heavy atom. The largest absolute Gasteiger partial charge is 0.380 e. The van der Waals surface area contributed by atoms with Gasteiger partial charge in [0.1, 0.15) is 5.78 Å². The molecule has 0 aromatic heterocycles. The minimum atomic E-state index is 0.407. The van der Waals surface area contributed by atoms with Crippen molar-refractivity contribution in [1.29, 1.82) is 0 Å². The van der Waals surface area contributed by atoms with E-state index >= 15 is 0 Å². The third-order valence-electron chi connectivity index (χ3n) is 2.73. The van der Waals surface area contributed by atoms with Gasteiger partial charge >= 0.3 is 0 Å². The van der Waals surface area contributed by atoms with Crippen molar-refractivity contribution in [3.63, 3.8) is 0 Å². The van der Waals surface area contributed by atoms with Crippen LogP contribution < -0.4 is 0 Å². The highest BCUT2D eigenvalue weighted by Crippen LogP contribution is 2.29. The van der Waals surface area contributed by atoms with Crippen molar-refractivity contribution in [2.24, 2.45) is 5.92 Å². The van der Waals surface area contributed by atoms with Crippen LogP contribution in [0.15, 0.2) is 0 Å². The lowest BCUT2D eigenvalue weighted by Crippen LogP contribution is -2.32. The molecule has 0 bridgehead atoms. The summed E-state index contributed by atoms with van der Waals surface area (Å²) in [4.78, 5) is 13.7. The number of nitrogens with zero attached hydrogens (tertiary/aromatic N) is 1. The predicted molar refractivity (Wildman–Crippen MR) is 49.6 cm³/mol. The highest BCUT2D eigenvalue weighted by molar-refractivity contribution is 5.84. The van der Waals surface area contributed by atoms with Crippen molar-refractivity contribution in [3.05, 3.63) is 0 Å². The van der Waals surface area contributed by atoms with Crippen LogP contribution in [0, 0.1) is 5.92 Å². The van der Waals surface area contributed by atoms with Crippen molar-refractivity contribution in [1.82, 2.24) is 4.90 Å². The molecule has 3 nitrogen and oxygen atoms in total. The lowest BCUT2D eigenvalue weighted by Gasteiger charge is -2.17. The van der Waals surface area contributed by atoms with Crippen LogP contribution in [0.1, 0.15) is 19.3 Å². The normalized spacial score (nSPS) is 25.5. The molecule has 1 aliphatic carbocycles. The standard InChI is InChI=1S/C10H17NO2/c12-10(9-2-3-9)8-11-4-1-6-13-7-5-11/h9H,1-8H2. The predicted octanol–water partition coefficient (Wildman–Crippen LogP) is 0.688. The fourth-order valence-electron chi connectivity index (χ4n) is 1.71. The van der Waals surface area contributed by atoms with Gasteiger partial charge in [-0.3, -0.25) is 9.69 Å². The van der Waals surface area contributed by atoms with Crippen LogP contribution in [-0.4, -0.2) is 43.5 Å². The quantitative estimate of drug-likeness (QED) is 0.644. The van der Waals surface area contributed by atoms with E-state index < -0.39 is 0 Å². The Bertz CT molecular complexity index is 181. The molecule has 0 unspecified atom stereocenters. The zero-order valence-electron chi connectivity index (χ0n) is 8.00. The smallest absolute Gasteiger partial charge is 0.149 e. The molecule has 2 rings (SSSR count). The summed E-state index contributed by atoms with van der Waals surface area (Å²) in [6.45, 7) is 4.26. The zero-order valence-corrected chi connectivity index (χ0v) is 8.00. The summed E-state index contributed by atoms with van der Waals surface area (Å²) in [6, 6.07) is 0. The van der Waals surface area contributed by atoms with Gasteiger partial charge in [0.2, 0.25) is 0 Å². The Kier molecular flexibility index (Phi) is 2.96. The van der Waals surface area contributed by atoms with Crippen LogP contribution in [0.2, 0.25) is 0 Å². The number of ether oxygens (including phenoxy) is 1. The molecule has 0 radical (unpaired) electrons. The molecule has 2 aliphatic rings. The highest BCUT2D eigenvalue weighted by Gasteiger charge is 2.30. The first kappa shape index (κ1) is 9.16. The second-order valence-corrected chi connectivity index (χ2v) is 3.98. The molecule has 74 valence electrons. The maximum Gasteiger partial charge on any atom is 0.149 e. The summed E-state index contributed by atoms with van der Waals surface area (Å²) in [5.74, 6) is 0.853. The number of carbonyl (C=O) groups is 1. The van der Waals surface area contributed by atoms with E-state index in [1.54, 1.807) is 0 Å².